The van der Waals surface area contributed by atoms with Gasteiger partial charge in [-0.2, -0.15) is 0 Å². The van der Waals surface area contributed by atoms with Crippen LogP contribution in [-0.2, 0) is 21.3 Å². The molecule has 138 valence electrons. The number of ether oxygens (including phenoxy) is 3. The summed E-state index contributed by atoms with van der Waals surface area (Å²) < 4.78 is 42.6. The SMILES string of the molecule is CCOC(=O)Nc1ccc(S(=O)(=O)NCc2ccc3c(c2)OCO3)cc1. The van der Waals surface area contributed by atoms with Crippen molar-refractivity contribution < 1.29 is 27.4 Å². The molecule has 1 aliphatic heterocycles. The van der Waals surface area contributed by atoms with Crippen LogP contribution in [0.4, 0.5) is 10.5 Å². The molecule has 0 aliphatic carbocycles. The zero-order valence-electron chi connectivity index (χ0n) is 14.0. The van der Waals surface area contributed by atoms with Crippen molar-refractivity contribution >= 4 is 21.8 Å². The van der Waals surface area contributed by atoms with Gasteiger partial charge in [0.2, 0.25) is 16.8 Å². The molecule has 1 heterocycles. The van der Waals surface area contributed by atoms with Crippen LogP contribution >= 0.6 is 0 Å². The molecule has 0 atom stereocenters. The molecule has 0 saturated carbocycles. The normalized spacial score (nSPS) is 12.7. The van der Waals surface area contributed by atoms with Crippen molar-refractivity contribution in [1.29, 1.82) is 0 Å². The second-order valence-electron chi connectivity index (χ2n) is 5.38. The van der Waals surface area contributed by atoms with Gasteiger partial charge in [-0.05, 0) is 48.9 Å². The van der Waals surface area contributed by atoms with E-state index in [0.717, 1.165) is 5.56 Å². The monoisotopic (exact) mass is 378 g/mol. The molecule has 0 spiro atoms. The van der Waals surface area contributed by atoms with Crippen LogP contribution < -0.4 is 19.5 Å². The Hall–Kier alpha value is -2.78. The average molecular weight is 378 g/mol. The number of anilines is 1. The third kappa shape index (κ3) is 4.24. The molecule has 0 saturated heterocycles. The van der Waals surface area contributed by atoms with Gasteiger partial charge in [0.15, 0.2) is 11.5 Å². The molecule has 3 rings (SSSR count). The number of nitrogens with one attached hydrogen (secondary N) is 2. The van der Waals surface area contributed by atoms with Crippen LogP contribution in [0.25, 0.3) is 0 Å². The molecule has 0 bridgehead atoms. The van der Waals surface area contributed by atoms with Gasteiger partial charge in [0, 0.05) is 12.2 Å². The van der Waals surface area contributed by atoms with E-state index in [1.165, 1.54) is 24.3 Å². The van der Waals surface area contributed by atoms with Crippen molar-refractivity contribution in [3.8, 4) is 11.5 Å². The molecule has 1 amide bonds. The standard InChI is InChI=1S/C17H18N2O6S/c1-2-23-17(20)19-13-4-6-14(7-5-13)26(21,22)18-10-12-3-8-15-16(9-12)25-11-24-15/h3-9,18H,2,10-11H2,1H3,(H,19,20). The van der Waals surface area contributed by atoms with Gasteiger partial charge in [-0.3, -0.25) is 5.32 Å². The quantitative estimate of drug-likeness (QED) is 0.800. The minimum atomic E-state index is -3.69. The van der Waals surface area contributed by atoms with Crippen LogP contribution in [0, 0.1) is 0 Å². The topological polar surface area (TPSA) is 103 Å². The third-order valence-electron chi connectivity index (χ3n) is 3.59. The maximum absolute atomic E-state index is 12.4. The Kier molecular flexibility index (Phi) is 5.29. The van der Waals surface area contributed by atoms with Crippen molar-refractivity contribution in [2.45, 2.75) is 18.4 Å². The van der Waals surface area contributed by atoms with Crippen molar-refractivity contribution in [1.82, 2.24) is 4.72 Å². The molecule has 1 aliphatic rings. The molecule has 0 unspecified atom stereocenters. The van der Waals surface area contributed by atoms with Crippen LogP contribution in [0.3, 0.4) is 0 Å². The van der Waals surface area contributed by atoms with Gasteiger partial charge in [-0.1, -0.05) is 6.07 Å². The lowest BCUT2D eigenvalue weighted by Gasteiger charge is -2.09. The maximum Gasteiger partial charge on any atom is 0.411 e. The molecule has 0 fully saturated rings. The summed E-state index contributed by atoms with van der Waals surface area (Å²) in [5, 5.41) is 2.50. The Labute approximate surface area is 151 Å². The van der Waals surface area contributed by atoms with Gasteiger partial charge in [0.1, 0.15) is 0 Å². The number of amides is 1. The Balaban J connectivity index is 1.63. The van der Waals surface area contributed by atoms with Gasteiger partial charge in [0.25, 0.3) is 0 Å². The zero-order chi connectivity index (χ0) is 18.6. The fourth-order valence-electron chi connectivity index (χ4n) is 2.32. The first-order valence-electron chi connectivity index (χ1n) is 7.90. The Bertz CT molecular complexity index is 896. The number of fused-ring (bicyclic) bond motifs is 1. The molecule has 2 aromatic carbocycles. The van der Waals surface area contributed by atoms with E-state index in [2.05, 4.69) is 10.0 Å². The summed E-state index contributed by atoms with van der Waals surface area (Å²) in [6, 6.07) is 11.0. The fourth-order valence-corrected chi connectivity index (χ4v) is 3.33. The summed E-state index contributed by atoms with van der Waals surface area (Å²) in [4.78, 5) is 11.4. The summed E-state index contributed by atoms with van der Waals surface area (Å²) in [5.74, 6) is 1.23. The van der Waals surface area contributed by atoms with Crippen molar-refractivity contribution in [3.05, 3.63) is 48.0 Å². The summed E-state index contributed by atoms with van der Waals surface area (Å²) in [7, 11) is -3.69. The lowest BCUT2D eigenvalue weighted by atomic mass is 10.2. The highest BCUT2D eigenvalue weighted by molar-refractivity contribution is 7.89. The molecule has 9 heteroatoms. The van der Waals surface area contributed by atoms with Gasteiger partial charge in [-0.15, -0.1) is 0 Å². The van der Waals surface area contributed by atoms with Crippen molar-refractivity contribution in [2.75, 3.05) is 18.7 Å². The second-order valence-corrected chi connectivity index (χ2v) is 7.15. The molecule has 0 radical (unpaired) electrons. The molecule has 26 heavy (non-hydrogen) atoms. The number of carbonyl (C=O) groups is 1. The van der Waals surface area contributed by atoms with E-state index in [0.29, 0.717) is 17.2 Å². The van der Waals surface area contributed by atoms with Gasteiger partial charge in [0.05, 0.1) is 11.5 Å². The highest BCUT2D eigenvalue weighted by atomic mass is 32.2. The number of sulfonamides is 1. The van der Waals surface area contributed by atoms with E-state index in [1.807, 2.05) is 0 Å². The zero-order valence-corrected chi connectivity index (χ0v) is 14.8. The molecule has 8 nitrogen and oxygen atoms in total. The van der Waals surface area contributed by atoms with E-state index >= 15 is 0 Å². The Morgan fingerprint density at radius 2 is 1.85 bits per heavy atom. The van der Waals surface area contributed by atoms with Crippen LogP contribution in [0.1, 0.15) is 12.5 Å². The number of benzene rings is 2. The highest BCUT2D eigenvalue weighted by Crippen LogP contribution is 2.32. The predicted octanol–water partition coefficient (Wildman–Crippen LogP) is 2.46. The molecule has 0 aromatic heterocycles. The lowest BCUT2D eigenvalue weighted by Crippen LogP contribution is -2.23. The van der Waals surface area contributed by atoms with E-state index < -0.39 is 16.1 Å². The molecule has 2 aromatic rings. The first-order chi connectivity index (χ1) is 12.5. The van der Waals surface area contributed by atoms with Crippen molar-refractivity contribution in [2.24, 2.45) is 0 Å². The first kappa shape index (κ1) is 18.0. The Morgan fingerprint density at radius 3 is 2.58 bits per heavy atom. The Morgan fingerprint density at radius 1 is 1.12 bits per heavy atom. The smallest absolute Gasteiger partial charge is 0.411 e. The number of rotatable bonds is 6. The lowest BCUT2D eigenvalue weighted by molar-refractivity contribution is 0.168. The van der Waals surface area contributed by atoms with Crippen LogP contribution in [-0.4, -0.2) is 27.9 Å². The highest BCUT2D eigenvalue weighted by Gasteiger charge is 2.16. The summed E-state index contributed by atoms with van der Waals surface area (Å²) in [6.45, 7) is 2.22. The van der Waals surface area contributed by atoms with E-state index in [4.69, 9.17) is 14.2 Å². The van der Waals surface area contributed by atoms with Gasteiger partial charge < -0.3 is 14.2 Å². The van der Waals surface area contributed by atoms with Gasteiger partial charge >= 0.3 is 6.09 Å². The van der Waals surface area contributed by atoms with E-state index in [-0.39, 0.29) is 24.8 Å². The largest absolute Gasteiger partial charge is 0.454 e. The predicted molar refractivity (Wildman–Crippen MR) is 93.7 cm³/mol. The van der Waals surface area contributed by atoms with Crippen LogP contribution in [0.15, 0.2) is 47.4 Å². The van der Waals surface area contributed by atoms with Crippen LogP contribution in [0.2, 0.25) is 0 Å². The first-order valence-corrected chi connectivity index (χ1v) is 9.38. The summed E-state index contributed by atoms with van der Waals surface area (Å²) in [6.07, 6.45) is -0.593. The molecule has 2 N–H and O–H groups in total. The van der Waals surface area contributed by atoms with Gasteiger partial charge in [-0.25, -0.2) is 17.9 Å². The number of carbonyl (C=O) groups excluding carboxylic acids is 1. The second kappa shape index (κ2) is 7.63. The number of hydrogen-bond acceptors (Lipinski definition) is 6. The minimum Gasteiger partial charge on any atom is -0.454 e. The average Bonchev–Trinajstić information content (AvgIpc) is 3.08. The third-order valence-corrected chi connectivity index (χ3v) is 5.01. The minimum absolute atomic E-state index is 0.0904. The summed E-state index contributed by atoms with van der Waals surface area (Å²) >= 11 is 0. The fraction of sp³-hybridized carbons (Fsp3) is 0.235. The molecular weight excluding hydrogens is 360 g/mol. The van der Waals surface area contributed by atoms with Crippen molar-refractivity contribution in [3.63, 3.8) is 0 Å². The van der Waals surface area contributed by atoms with E-state index in [1.54, 1.807) is 25.1 Å². The summed E-state index contributed by atoms with van der Waals surface area (Å²) in [5.41, 5.74) is 1.19. The maximum atomic E-state index is 12.4. The van der Waals surface area contributed by atoms with Crippen LogP contribution in [0.5, 0.6) is 11.5 Å². The number of hydrogen-bond donors (Lipinski definition) is 2. The van der Waals surface area contributed by atoms with E-state index in [9.17, 15) is 13.2 Å². The molecular formula is C17H18N2O6S.